The van der Waals surface area contributed by atoms with Crippen molar-refractivity contribution in [2.24, 2.45) is 5.92 Å². The van der Waals surface area contributed by atoms with Gasteiger partial charge in [-0.15, -0.1) is 0 Å². The lowest BCUT2D eigenvalue weighted by molar-refractivity contribution is 0.0939. The van der Waals surface area contributed by atoms with Crippen LogP contribution in [-0.2, 0) is 0 Å². The van der Waals surface area contributed by atoms with Gasteiger partial charge >= 0.3 is 0 Å². The number of amides is 1. The minimum Gasteiger partial charge on any atom is -0.350 e. The molecule has 0 saturated carbocycles. The van der Waals surface area contributed by atoms with E-state index in [1.165, 1.54) is 6.42 Å². The fourth-order valence-electron chi connectivity index (χ4n) is 2.63. The summed E-state index contributed by atoms with van der Waals surface area (Å²) in [5.74, 6) is 0.759. The van der Waals surface area contributed by atoms with E-state index in [0.29, 0.717) is 0 Å². The van der Waals surface area contributed by atoms with Gasteiger partial charge in [0.2, 0.25) is 0 Å². The molecule has 0 spiro atoms. The van der Waals surface area contributed by atoms with Gasteiger partial charge in [0, 0.05) is 11.6 Å². The molecule has 0 heterocycles. The van der Waals surface area contributed by atoms with Crippen molar-refractivity contribution in [1.82, 2.24) is 5.32 Å². The van der Waals surface area contributed by atoms with Crippen LogP contribution in [0.2, 0.25) is 0 Å². The third-order valence-electron chi connectivity index (χ3n) is 3.83. The first-order valence-electron chi connectivity index (χ1n) is 7.86. The van der Waals surface area contributed by atoms with E-state index in [-0.39, 0.29) is 11.9 Å². The highest BCUT2D eigenvalue weighted by Crippen LogP contribution is 2.18. The molecule has 0 aliphatic heterocycles. The summed E-state index contributed by atoms with van der Waals surface area (Å²) in [4.78, 5) is 12.5. The second-order valence-corrected chi connectivity index (χ2v) is 6.23. The van der Waals surface area contributed by atoms with E-state index in [1.54, 1.807) is 0 Å². The second kappa shape index (κ2) is 7.26. The molecule has 0 fully saturated rings. The Balaban J connectivity index is 2.02. The largest absolute Gasteiger partial charge is 0.350 e. The maximum atomic E-state index is 12.5. The van der Waals surface area contributed by atoms with Crippen molar-refractivity contribution < 1.29 is 4.79 Å². The Bertz CT molecular complexity index is 598. The molecule has 1 atom stereocenters. The highest BCUT2D eigenvalue weighted by Gasteiger charge is 2.12. The van der Waals surface area contributed by atoms with Gasteiger partial charge in [-0.25, -0.2) is 0 Å². The average Bonchev–Trinajstić information content (AvgIpc) is 2.46. The number of carbonyl (C=O) groups excluding carboxylic acids is 1. The quantitative estimate of drug-likeness (QED) is 0.811. The molecule has 2 nitrogen and oxygen atoms in total. The Labute approximate surface area is 127 Å². The summed E-state index contributed by atoms with van der Waals surface area (Å²) >= 11 is 0. The summed E-state index contributed by atoms with van der Waals surface area (Å²) in [5.41, 5.74) is 0.767. The van der Waals surface area contributed by atoms with Crippen molar-refractivity contribution in [3.63, 3.8) is 0 Å². The van der Waals surface area contributed by atoms with Gasteiger partial charge in [-0.05, 0) is 36.1 Å². The SMILES string of the molecule is CC(C)CCC[C@H](C)NC(=O)c1cccc2ccccc12. The molecular formula is C19H25NO. The first-order chi connectivity index (χ1) is 10.1. The van der Waals surface area contributed by atoms with E-state index in [2.05, 4.69) is 26.1 Å². The molecular weight excluding hydrogens is 258 g/mol. The summed E-state index contributed by atoms with van der Waals surface area (Å²) in [5, 5.41) is 5.25. The van der Waals surface area contributed by atoms with Crippen LogP contribution in [0.15, 0.2) is 42.5 Å². The van der Waals surface area contributed by atoms with Crippen LogP contribution in [0.5, 0.6) is 0 Å². The van der Waals surface area contributed by atoms with E-state index in [1.807, 2.05) is 42.5 Å². The first kappa shape index (κ1) is 15.6. The molecule has 1 amide bonds. The standard InChI is InChI=1S/C19H25NO/c1-14(2)8-6-9-15(3)20-19(21)18-13-7-11-16-10-4-5-12-17(16)18/h4-5,7,10-15H,6,8-9H2,1-3H3,(H,20,21)/t15-/m0/s1. The fraction of sp³-hybridized carbons (Fsp3) is 0.421. The molecule has 1 N–H and O–H groups in total. The van der Waals surface area contributed by atoms with Gasteiger partial charge in [0.1, 0.15) is 0 Å². The molecule has 21 heavy (non-hydrogen) atoms. The van der Waals surface area contributed by atoms with Crippen LogP contribution in [0.4, 0.5) is 0 Å². The van der Waals surface area contributed by atoms with Gasteiger partial charge in [0.05, 0.1) is 0 Å². The summed E-state index contributed by atoms with van der Waals surface area (Å²) in [6.07, 6.45) is 3.41. The zero-order chi connectivity index (χ0) is 15.2. The van der Waals surface area contributed by atoms with Crippen molar-refractivity contribution in [3.05, 3.63) is 48.0 Å². The summed E-state index contributed by atoms with van der Waals surface area (Å²) in [6.45, 7) is 6.56. The van der Waals surface area contributed by atoms with Crippen molar-refractivity contribution in [1.29, 1.82) is 0 Å². The van der Waals surface area contributed by atoms with Gasteiger partial charge in [-0.1, -0.05) is 63.1 Å². The third kappa shape index (κ3) is 4.32. The number of hydrogen-bond donors (Lipinski definition) is 1. The maximum absolute atomic E-state index is 12.5. The lowest BCUT2D eigenvalue weighted by atomic mass is 10.0. The minimum absolute atomic E-state index is 0.0313. The van der Waals surface area contributed by atoms with E-state index >= 15 is 0 Å². The Morgan fingerprint density at radius 1 is 1.00 bits per heavy atom. The predicted molar refractivity (Wildman–Crippen MR) is 89.6 cm³/mol. The summed E-state index contributed by atoms with van der Waals surface area (Å²) in [6, 6.07) is 14.1. The molecule has 0 aliphatic carbocycles. The topological polar surface area (TPSA) is 29.1 Å². The molecule has 0 aliphatic rings. The summed E-state index contributed by atoms with van der Waals surface area (Å²) < 4.78 is 0. The van der Waals surface area contributed by atoms with E-state index in [0.717, 1.165) is 35.1 Å². The second-order valence-electron chi connectivity index (χ2n) is 6.23. The van der Waals surface area contributed by atoms with Gasteiger partial charge in [0.25, 0.3) is 5.91 Å². The smallest absolute Gasteiger partial charge is 0.252 e. The van der Waals surface area contributed by atoms with Crippen LogP contribution in [0, 0.1) is 5.92 Å². The van der Waals surface area contributed by atoms with Crippen LogP contribution in [0.1, 0.15) is 50.4 Å². The monoisotopic (exact) mass is 283 g/mol. The number of hydrogen-bond acceptors (Lipinski definition) is 1. The van der Waals surface area contributed by atoms with Gasteiger partial charge < -0.3 is 5.32 Å². The first-order valence-corrected chi connectivity index (χ1v) is 7.86. The van der Waals surface area contributed by atoms with Crippen molar-refractivity contribution in [2.45, 2.75) is 46.1 Å². The molecule has 0 radical (unpaired) electrons. The average molecular weight is 283 g/mol. The normalized spacial score (nSPS) is 12.6. The molecule has 112 valence electrons. The number of benzene rings is 2. The number of rotatable bonds is 6. The number of nitrogens with one attached hydrogen (secondary N) is 1. The molecule has 2 aromatic rings. The molecule has 2 heteroatoms. The summed E-state index contributed by atoms with van der Waals surface area (Å²) in [7, 11) is 0. The highest BCUT2D eigenvalue weighted by molar-refractivity contribution is 6.07. The third-order valence-corrected chi connectivity index (χ3v) is 3.83. The van der Waals surface area contributed by atoms with Crippen LogP contribution in [-0.4, -0.2) is 11.9 Å². The van der Waals surface area contributed by atoms with Crippen LogP contribution >= 0.6 is 0 Å². The zero-order valence-electron chi connectivity index (χ0n) is 13.2. The van der Waals surface area contributed by atoms with Gasteiger partial charge in [-0.2, -0.15) is 0 Å². The highest BCUT2D eigenvalue weighted by atomic mass is 16.1. The van der Waals surface area contributed by atoms with Gasteiger partial charge in [0.15, 0.2) is 0 Å². The van der Waals surface area contributed by atoms with E-state index in [9.17, 15) is 4.79 Å². The molecule has 2 rings (SSSR count). The van der Waals surface area contributed by atoms with Crippen molar-refractivity contribution in [2.75, 3.05) is 0 Å². The van der Waals surface area contributed by atoms with E-state index in [4.69, 9.17) is 0 Å². The Morgan fingerprint density at radius 2 is 1.71 bits per heavy atom. The molecule has 0 bridgehead atoms. The minimum atomic E-state index is 0.0313. The Morgan fingerprint density at radius 3 is 2.48 bits per heavy atom. The van der Waals surface area contributed by atoms with Crippen molar-refractivity contribution in [3.8, 4) is 0 Å². The molecule has 0 saturated heterocycles. The Kier molecular flexibility index (Phi) is 5.38. The molecule has 0 unspecified atom stereocenters. The molecule has 0 aromatic heterocycles. The molecule has 2 aromatic carbocycles. The fourth-order valence-corrected chi connectivity index (χ4v) is 2.63. The van der Waals surface area contributed by atoms with Gasteiger partial charge in [-0.3, -0.25) is 4.79 Å². The zero-order valence-corrected chi connectivity index (χ0v) is 13.2. The van der Waals surface area contributed by atoms with Crippen LogP contribution in [0.25, 0.3) is 10.8 Å². The van der Waals surface area contributed by atoms with Crippen molar-refractivity contribution >= 4 is 16.7 Å². The maximum Gasteiger partial charge on any atom is 0.252 e. The van der Waals surface area contributed by atoms with E-state index < -0.39 is 0 Å². The Hall–Kier alpha value is -1.83. The van der Waals surface area contributed by atoms with Crippen LogP contribution in [0.3, 0.4) is 0 Å². The predicted octanol–water partition coefficient (Wildman–Crippen LogP) is 4.78. The lowest BCUT2D eigenvalue weighted by Gasteiger charge is -2.15. The number of carbonyl (C=O) groups is 1. The van der Waals surface area contributed by atoms with Crippen LogP contribution < -0.4 is 5.32 Å². The number of fused-ring (bicyclic) bond motifs is 1. The lowest BCUT2D eigenvalue weighted by Crippen LogP contribution is -2.32.